The third kappa shape index (κ3) is 1.90. The van der Waals surface area contributed by atoms with Crippen LogP contribution >= 0.6 is 0 Å². The van der Waals surface area contributed by atoms with E-state index < -0.39 is 11.5 Å². The predicted molar refractivity (Wildman–Crippen MR) is 63.6 cm³/mol. The van der Waals surface area contributed by atoms with E-state index in [1.54, 1.807) is 0 Å². The van der Waals surface area contributed by atoms with Crippen molar-refractivity contribution in [3.8, 4) is 0 Å². The van der Waals surface area contributed by atoms with Crippen LogP contribution in [0.2, 0.25) is 0 Å². The number of aryl methyl sites for hydroxylation is 1. The molecule has 0 saturated heterocycles. The van der Waals surface area contributed by atoms with Crippen LogP contribution in [-0.4, -0.2) is 16.6 Å². The lowest BCUT2D eigenvalue weighted by Gasteiger charge is -2.44. The number of anilines is 1. The maximum atomic E-state index is 11.3. The highest BCUT2D eigenvalue weighted by atomic mass is 16.4. The lowest BCUT2D eigenvalue weighted by molar-refractivity contribution is -0.147. The van der Waals surface area contributed by atoms with Crippen molar-refractivity contribution >= 4 is 11.7 Å². The zero-order valence-corrected chi connectivity index (χ0v) is 9.66. The number of carbonyl (C=O) groups is 1. The first-order chi connectivity index (χ1) is 7.52. The molecule has 0 spiro atoms. The number of carboxylic acids is 1. The van der Waals surface area contributed by atoms with Gasteiger partial charge in [0.1, 0.15) is 5.54 Å². The van der Waals surface area contributed by atoms with Gasteiger partial charge in [-0.15, -0.1) is 0 Å². The van der Waals surface area contributed by atoms with Gasteiger partial charge in [-0.25, -0.2) is 4.79 Å². The largest absolute Gasteiger partial charge is 0.480 e. The van der Waals surface area contributed by atoms with E-state index in [4.69, 9.17) is 0 Å². The normalized spacial score (nSPS) is 28.2. The van der Waals surface area contributed by atoms with E-state index >= 15 is 0 Å². The molecule has 1 aromatic carbocycles. The minimum Gasteiger partial charge on any atom is -0.480 e. The minimum atomic E-state index is -0.743. The average molecular weight is 219 g/mol. The van der Waals surface area contributed by atoms with Crippen LogP contribution in [0.1, 0.15) is 25.3 Å². The van der Waals surface area contributed by atoms with E-state index in [0.29, 0.717) is 18.8 Å². The number of aliphatic carboxylic acids is 1. The van der Waals surface area contributed by atoms with Gasteiger partial charge >= 0.3 is 5.97 Å². The molecule has 2 rings (SSSR count). The standard InChI is InChI=1S/C13H17NO2/c1-9-4-3-5-11(6-9)14-13(12(15)16)7-10(2)8-13/h3-6,10,14H,7-8H2,1-2H3,(H,15,16). The van der Waals surface area contributed by atoms with Gasteiger partial charge in [0.25, 0.3) is 0 Å². The third-order valence-electron chi connectivity index (χ3n) is 3.20. The first kappa shape index (κ1) is 11.0. The van der Waals surface area contributed by atoms with Gasteiger partial charge in [0, 0.05) is 5.69 Å². The van der Waals surface area contributed by atoms with E-state index in [-0.39, 0.29) is 0 Å². The van der Waals surface area contributed by atoms with Crippen LogP contribution in [0, 0.1) is 12.8 Å². The molecule has 1 saturated carbocycles. The lowest BCUT2D eigenvalue weighted by atomic mass is 9.69. The Balaban J connectivity index is 2.16. The molecule has 1 aromatic rings. The predicted octanol–water partition coefficient (Wildman–Crippen LogP) is 2.66. The molecule has 0 atom stereocenters. The van der Waals surface area contributed by atoms with E-state index in [0.717, 1.165) is 11.3 Å². The summed E-state index contributed by atoms with van der Waals surface area (Å²) in [6, 6.07) is 7.84. The molecule has 0 amide bonds. The van der Waals surface area contributed by atoms with Gasteiger partial charge in [-0.2, -0.15) is 0 Å². The molecule has 0 heterocycles. The fraction of sp³-hybridized carbons (Fsp3) is 0.462. The van der Waals surface area contributed by atoms with Crippen LogP contribution in [0.25, 0.3) is 0 Å². The first-order valence-electron chi connectivity index (χ1n) is 5.60. The number of hydrogen-bond donors (Lipinski definition) is 2. The van der Waals surface area contributed by atoms with Crippen LogP contribution < -0.4 is 5.32 Å². The molecule has 0 radical (unpaired) electrons. The Bertz CT molecular complexity index is 408. The molecule has 1 aliphatic rings. The Morgan fingerprint density at radius 1 is 1.50 bits per heavy atom. The zero-order valence-electron chi connectivity index (χ0n) is 9.66. The smallest absolute Gasteiger partial charge is 0.329 e. The summed E-state index contributed by atoms with van der Waals surface area (Å²) < 4.78 is 0. The van der Waals surface area contributed by atoms with Gasteiger partial charge < -0.3 is 10.4 Å². The second kappa shape index (κ2) is 3.81. The van der Waals surface area contributed by atoms with Gasteiger partial charge in [0.05, 0.1) is 0 Å². The second-order valence-electron chi connectivity index (χ2n) is 4.90. The quantitative estimate of drug-likeness (QED) is 0.821. The minimum absolute atomic E-state index is 0.494. The Labute approximate surface area is 95.5 Å². The molecule has 1 fully saturated rings. The fourth-order valence-corrected chi connectivity index (χ4v) is 2.46. The first-order valence-corrected chi connectivity index (χ1v) is 5.60. The summed E-state index contributed by atoms with van der Waals surface area (Å²) in [5.74, 6) is -0.250. The molecule has 86 valence electrons. The molecule has 16 heavy (non-hydrogen) atoms. The van der Waals surface area contributed by atoms with Crippen molar-refractivity contribution in [3.63, 3.8) is 0 Å². The van der Waals surface area contributed by atoms with Crippen LogP contribution in [0.15, 0.2) is 24.3 Å². The number of rotatable bonds is 3. The lowest BCUT2D eigenvalue weighted by Crippen LogP contribution is -2.55. The number of hydrogen-bond acceptors (Lipinski definition) is 2. The number of nitrogens with one attached hydrogen (secondary N) is 1. The Morgan fingerprint density at radius 3 is 2.69 bits per heavy atom. The molecule has 0 bridgehead atoms. The summed E-state index contributed by atoms with van der Waals surface area (Å²) in [7, 11) is 0. The van der Waals surface area contributed by atoms with Crippen molar-refractivity contribution in [1.29, 1.82) is 0 Å². The summed E-state index contributed by atoms with van der Waals surface area (Å²) in [6.45, 7) is 4.08. The van der Waals surface area contributed by atoms with Gasteiger partial charge in [-0.1, -0.05) is 19.1 Å². The van der Waals surface area contributed by atoms with E-state index in [2.05, 4.69) is 12.2 Å². The molecular formula is C13H17NO2. The molecule has 2 N–H and O–H groups in total. The third-order valence-corrected chi connectivity index (χ3v) is 3.20. The molecule has 3 heteroatoms. The van der Waals surface area contributed by atoms with E-state index in [1.165, 1.54) is 0 Å². The van der Waals surface area contributed by atoms with Crippen molar-refractivity contribution in [2.45, 2.75) is 32.2 Å². The SMILES string of the molecule is Cc1cccc(NC2(C(=O)O)CC(C)C2)c1. The maximum Gasteiger partial charge on any atom is 0.329 e. The summed E-state index contributed by atoms with van der Waals surface area (Å²) in [5.41, 5.74) is 1.29. The summed E-state index contributed by atoms with van der Waals surface area (Å²) >= 11 is 0. The average Bonchev–Trinajstić information content (AvgIpc) is 2.14. The molecule has 0 unspecified atom stereocenters. The monoisotopic (exact) mass is 219 g/mol. The summed E-state index contributed by atoms with van der Waals surface area (Å²) in [5, 5.41) is 12.4. The summed E-state index contributed by atoms with van der Waals surface area (Å²) in [6.07, 6.45) is 1.41. The van der Waals surface area contributed by atoms with Gasteiger partial charge in [0.2, 0.25) is 0 Å². The fourth-order valence-electron chi connectivity index (χ4n) is 2.46. The van der Waals surface area contributed by atoms with E-state index in [9.17, 15) is 9.90 Å². The number of benzene rings is 1. The van der Waals surface area contributed by atoms with Crippen LogP contribution in [-0.2, 0) is 4.79 Å². The van der Waals surface area contributed by atoms with Gasteiger partial charge in [-0.3, -0.25) is 0 Å². The number of carboxylic acid groups (broad SMARTS) is 1. The van der Waals surface area contributed by atoms with Crippen LogP contribution in [0.4, 0.5) is 5.69 Å². The second-order valence-corrected chi connectivity index (χ2v) is 4.90. The highest BCUT2D eigenvalue weighted by Crippen LogP contribution is 2.40. The van der Waals surface area contributed by atoms with Crippen molar-refractivity contribution in [3.05, 3.63) is 29.8 Å². The topological polar surface area (TPSA) is 49.3 Å². The molecule has 1 aliphatic carbocycles. The molecule has 3 nitrogen and oxygen atoms in total. The van der Waals surface area contributed by atoms with E-state index in [1.807, 2.05) is 31.2 Å². The zero-order chi connectivity index (χ0) is 11.8. The van der Waals surface area contributed by atoms with Crippen molar-refractivity contribution in [1.82, 2.24) is 0 Å². The molecule has 0 aliphatic heterocycles. The van der Waals surface area contributed by atoms with Crippen LogP contribution in [0.5, 0.6) is 0 Å². The maximum absolute atomic E-state index is 11.3. The van der Waals surface area contributed by atoms with Crippen LogP contribution in [0.3, 0.4) is 0 Å². The van der Waals surface area contributed by atoms with Gasteiger partial charge in [0.15, 0.2) is 0 Å². The Kier molecular flexibility index (Phi) is 2.62. The van der Waals surface area contributed by atoms with Crippen molar-refractivity contribution < 1.29 is 9.90 Å². The van der Waals surface area contributed by atoms with Crippen molar-refractivity contribution in [2.75, 3.05) is 5.32 Å². The Morgan fingerprint density at radius 2 is 2.19 bits per heavy atom. The highest BCUT2D eigenvalue weighted by molar-refractivity contribution is 5.84. The molecular weight excluding hydrogens is 202 g/mol. The van der Waals surface area contributed by atoms with Gasteiger partial charge in [-0.05, 0) is 43.4 Å². The Hall–Kier alpha value is -1.51. The highest BCUT2D eigenvalue weighted by Gasteiger charge is 2.48. The van der Waals surface area contributed by atoms with Crippen molar-refractivity contribution in [2.24, 2.45) is 5.92 Å². The summed E-state index contributed by atoms with van der Waals surface area (Å²) in [4.78, 5) is 11.3. The molecule has 0 aromatic heterocycles.